The first-order valence-corrected chi connectivity index (χ1v) is 32.1. The summed E-state index contributed by atoms with van der Waals surface area (Å²) in [5.74, 6) is -10.5. The van der Waals surface area contributed by atoms with Crippen LogP contribution in [-0.2, 0) is 62.2 Å². The minimum Gasteiger partial charge on any atom is -0.450 e. The molecule has 2 fully saturated rings. The highest BCUT2D eigenvalue weighted by atomic mass is 16.5. The van der Waals surface area contributed by atoms with Crippen LogP contribution in [-0.4, -0.2) is 263 Å². The predicted octanol–water partition coefficient (Wildman–Crippen LogP) is 1.96. The van der Waals surface area contributed by atoms with Gasteiger partial charge in [-0.3, -0.25) is 52.7 Å². The molecule has 2 heterocycles. The van der Waals surface area contributed by atoms with Crippen LogP contribution in [0.3, 0.4) is 0 Å². The van der Waals surface area contributed by atoms with Gasteiger partial charge in [0.25, 0.3) is 0 Å². The second kappa shape index (κ2) is 36.4. The number of carbonyl (C=O) groups is 12. The fourth-order valence-electron chi connectivity index (χ4n) is 11.9. The molecule has 0 aromatic carbocycles. The minimum absolute atomic E-state index is 0.00700. The van der Waals surface area contributed by atoms with Gasteiger partial charge in [0.05, 0.1) is 25.4 Å². The minimum atomic E-state index is -1.68. The molecule has 0 saturated carbocycles. The number of hydrogen-bond acceptors (Lipinski definition) is 15. The molecule has 0 radical (unpaired) electrons. The van der Waals surface area contributed by atoms with Crippen molar-refractivity contribution in [1.29, 1.82) is 0 Å². The highest BCUT2D eigenvalue weighted by Gasteiger charge is 2.48. The Morgan fingerprint density at radius 3 is 1.67 bits per heavy atom. The number of rotatable bonds is 18. The first kappa shape index (κ1) is 80.2. The molecule has 2 aliphatic heterocycles. The number of hydrogen-bond donors (Lipinski definition) is 5. The standard InChI is InChI=1S/C64H112N12O15/c1-23-25-28-39(11)53(78)52-56(81)67-44(24-2)59(84)69(16)34-48(77)73(20)51(43(15)90-29-26-27-30-91-64(65)89)55(80)68-49(37(7)8)62(87)70(17)45(31-35(3)4)54(79)66-41(13)57(82)76-40(12)33-47(61(86)74(21)50(38(9)10)63(88)75(52)22)72(19)60(85)46(32-36(5)6)71(18)58(83)42(76)14/h23,25,35-47,49-53,78H,24,26-34H2,1-22H3,(H2,65,89)(H,66,79)(H,67,81)(H,68,80)/b25-23+/t39-,40?,41+,42-,43-,44+,45+,46+,47+,49+,50+,51+,52-,53-/m1/s1. The summed E-state index contributed by atoms with van der Waals surface area (Å²) in [6, 6.07) is -14.6. The summed E-state index contributed by atoms with van der Waals surface area (Å²) >= 11 is 0. The lowest BCUT2D eigenvalue weighted by Crippen LogP contribution is -2.65. The summed E-state index contributed by atoms with van der Waals surface area (Å²) in [5.41, 5.74) is 5.11. The lowest BCUT2D eigenvalue weighted by atomic mass is 9.91. The Morgan fingerprint density at radius 1 is 0.604 bits per heavy atom. The maximum absolute atomic E-state index is 15.5. The number of fused-ring (bicyclic) bond motifs is 3. The summed E-state index contributed by atoms with van der Waals surface area (Å²) in [7, 11) is 9.62. The van der Waals surface area contributed by atoms with Gasteiger partial charge in [0.2, 0.25) is 65.0 Å². The number of carbonyl (C=O) groups excluding carboxylic acids is 12. The van der Waals surface area contributed by atoms with E-state index in [-0.39, 0.29) is 57.2 Å². The Labute approximate surface area is 540 Å². The van der Waals surface area contributed by atoms with Crippen molar-refractivity contribution in [1.82, 2.24) is 55.1 Å². The van der Waals surface area contributed by atoms with E-state index in [1.807, 2.05) is 27.7 Å². The first-order valence-electron chi connectivity index (χ1n) is 32.1. The molecule has 2 bridgehead atoms. The van der Waals surface area contributed by atoms with Gasteiger partial charge in [-0.2, -0.15) is 0 Å². The van der Waals surface area contributed by atoms with Crippen LogP contribution in [0.5, 0.6) is 0 Å². The van der Waals surface area contributed by atoms with E-state index >= 15 is 14.4 Å². The number of unbranched alkanes of at least 4 members (excludes halogenated alkanes) is 1. The van der Waals surface area contributed by atoms with Crippen LogP contribution >= 0.6 is 0 Å². The Balaban J connectivity index is 3.14. The maximum Gasteiger partial charge on any atom is 0.404 e. The highest BCUT2D eigenvalue weighted by molar-refractivity contribution is 6.00. The molecule has 12 amide bonds. The highest BCUT2D eigenvalue weighted by Crippen LogP contribution is 2.28. The van der Waals surface area contributed by atoms with Gasteiger partial charge in [0.1, 0.15) is 60.4 Å². The largest absolute Gasteiger partial charge is 0.450 e. The average molecular weight is 1290 g/mol. The van der Waals surface area contributed by atoms with E-state index in [9.17, 15) is 48.3 Å². The number of ether oxygens (including phenoxy) is 2. The number of aliphatic hydroxyl groups excluding tert-OH is 1. The second-order valence-electron chi connectivity index (χ2n) is 26.5. The van der Waals surface area contributed by atoms with Gasteiger partial charge in [0.15, 0.2) is 0 Å². The maximum atomic E-state index is 15.5. The van der Waals surface area contributed by atoms with Crippen molar-refractivity contribution in [3.63, 3.8) is 0 Å². The number of amides is 12. The fraction of sp³-hybridized carbons (Fsp3) is 0.781. The molecule has 518 valence electrons. The van der Waals surface area contributed by atoms with E-state index in [4.69, 9.17) is 15.2 Å². The molecule has 27 nitrogen and oxygen atoms in total. The van der Waals surface area contributed by atoms with Gasteiger partial charge in [-0.25, -0.2) is 4.79 Å². The SMILES string of the molecule is C/C=C/C[C@@H](C)[C@@H](O)[C@@H]1C(=O)N[C@@H](CC)C(=O)N(C)CC(=O)N(C)[C@@H]([C@@H](C)OCCCCOC(N)=O)C(=O)N[C@@H](C(C)C)C(=O)N(C)[C@@H](CC(C)C)C(=O)N[C@@H](C)C(=O)N2C(C)C[C@@H](C(=O)N(C)[C@@H](C(C)C)C(=O)N1C)N(C)C(=O)[C@H](CC(C)C)N(C)C(=O)[C@H]2C. The topological polar surface area (TPSA) is 332 Å². The van der Waals surface area contributed by atoms with Gasteiger partial charge in [-0.1, -0.05) is 81.4 Å². The first-order chi connectivity index (χ1) is 42.2. The van der Waals surface area contributed by atoms with E-state index in [0.29, 0.717) is 12.8 Å². The summed E-state index contributed by atoms with van der Waals surface area (Å²) < 4.78 is 10.9. The molecule has 91 heavy (non-hydrogen) atoms. The quantitative estimate of drug-likeness (QED) is 0.0968. The normalized spacial score (nSPS) is 27.5. The van der Waals surface area contributed by atoms with Crippen LogP contribution in [0.1, 0.15) is 149 Å². The molecular formula is C64H112N12O15. The van der Waals surface area contributed by atoms with Crippen molar-refractivity contribution in [3.8, 4) is 0 Å². The Kier molecular flexibility index (Phi) is 32.1. The number of allylic oxidation sites excluding steroid dienone is 2. The molecule has 27 heteroatoms. The Morgan fingerprint density at radius 2 is 1.14 bits per heavy atom. The molecule has 14 atom stereocenters. The lowest BCUT2D eigenvalue weighted by Gasteiger charge is -2.45. The number of primary amides is 1. The van der Waals surface area contributed by atoms with Crippen LogP contribution in [0.15, 0.2) is 12.2 Å². The van der Waals surface area contributed by atoms with Crippen molar-refractivity contribution in [2.24, 2.45) is 35.3 Å². The molecule has 2 saturated heterocycles. The number of nitrogens with zero attached hydrogens (tertiary/aromatic N) is 8. The van der Waals surface area contributed by atoms with Gasteiger partial charge >= 0.3 is 6.09 Å². The molecule has 0 aromatic heterocycles. The summed E-state index contributed by atoms with van der Waals surface area (Å²) in [6.45, 7) is 24.7. The zero-order valence-electron chi connectivity index (χ0n) is 58.4. The summed E-state index contributed by atoms with van der Waals surface area (Å²) in [6.07, 6.45) is 0.824. The number of aliphatic hydroxyl groups is 1. The lowest BCUT2D eigenvalue weighted by molar-refractivity contribution is -0.161. The summed E-state index contributed by atoms with van der Waals surface area (Å²) in [4.78, 5) is 185. The molecule has 0 aliphatic carbocycles. The van der Waals surface area contributed by atoms with Crippen LogP contribution in [0, 0.1) is 29.6 Å². The molecule has 6 N–H and O–H groups in total. The molecule has 2 aliphatic rings. The number of nitrogens with two attached hydrogens (primary N) is 1. The van der Waals surface area contributed by atoms with Crippen LogP contribution in [0.4, 0.5) is 4.79 Å². The number of likely N-dealkylation sites (N-methyl/N-ethyl adjacent to an activating group) is 7. The Hall–Kier alpha value is -6.90. The molecule has 0 aromatic rings. The average Bonchev–Trinajstić information content (AvgIpc) is 0.838. The van der Waals surface area contributed by atoms with Crippen molar-refractivity contribution >= 4 is 71.1 Å². The van der Waals surface area contributed by atoms with E-state index in [1.54, 1.807) is 67.5 Å². The third-order valence-corrected chi connectivity index (χ3v) is 17.5. The zero-order valence-corrected chi connectivity index (χ0v) is 58.4. The number of nitrogens with one attached hydrogen (secondary N) is 3. The van der Waals surface area contributed by atoms with Crippen LogP contribution in [0.25, 0.3) is 0 Å². The van der Waals surface area contributed by atoms with Gasteiger partial charge in [-0.15, -0.1) is 0 Å². The monoisotopic (exact) mass is 1290 g/mol. The molecule has 0 spiro atoms. The second-order valence-corrected chi connectivity index (χ2v) is 26.5. The van der Waals surface area contributed by atoms with E-state index in [0.717, 1.165) is 14.7 Å². The van der Waals surface area contributed by atoms with Crippen molar-refractivity contribution in [3.05, 3.63) is 12.2 Å². The smallest absolute Gasteiger partial charge is 0.404 e. The van der Waals surface area contributed by atoms with E-state index < -0.39 is 174 Å². The molecule has 1 unspecified atom stereocenters. The third-order valence-electron chi connectivity index (χ3n) is 17.5. The Bertz CT molecular complexity index is 2570. The van der Waals surface area contributed by atoms with Gasteiger partial charge < -0.3 is 75.5 Å². The van der Waals surface area contributed by atoms with Crippen molar-refractivity contribution in [2.45, 2.75) is 227 Å². The van der Waals surface area contributed by atoms with Crippen LogP contribution in [0.2, 0.25) is 0 Å². The van der Waals surface area contributed by atoms with Crippen molar-refractivity contribution < 1.29 is 72.1 Å². The fourth-order valence-corrected chi connectivity index (χ4v) is 11.9. The predicted molar refractivity (Wildman–Crippen MR) is 343 cm³/mol. The zero-order chi connectivity index (χ0) is 70.0. The van der Waals surface area contributed by atoms with E-state index in [2.05, 4.69) is 16.0 Å². The van der Waals surface area contributed by atoms with Crippen LogP contribution < -0.4 is 21.7 Å². The third kappa shape index (κ3) is 21.3. The van der Waals surface area contributed by atoms with Gasteiger partial charge in [0, 0.05) is 62.0 Å². The molecular weight excluding hydrogens is 1180 g/mol. The van der Waals surface area contributed by atoms with Gasteiger partial charge in [-0.05, 0) is 109 Å². The molecule has 2 rings (SSSR count). The van der Waals surface area contributed by atoms with E-state index in [1.165, 1.54) is 94.6 Å². The summed E-state index contributed by atoms with van der Waals surface area (Å²) in [5, 5.41) is 20.5. The van der Waals surface area contributed by atoms with Crippen molar-refractivity contribution in [2.75, 3.05) is 69.1 Å².